The Labute approximate surface area is 104 Å². The monoisotopic (exact) mass is 255 g/mol. The average Bonchev–Trinajstić information content (AvgIpc) is 2.35. The Bertz CT molecular complexity index is 357. The Morgan fingerprint density at radius 3 is 2.29 bits per heavy atom. The van der Waals surface area contributed by atoms with Crippen LogP contribution in [-0.4, -0.2) is 44.2 Å². The first kappa shape index (κ1) is 14.3. The van der Waals surface area contributed by atoms with Crippen molar-refractivity contribution in [2.75, 3.05) is 34.9 Å². The molecule has 0 amide bonds. The fourth-order valence-electron chi connectivity index (χ4n) is 1.65. The smallest absolute Gasteiger partial charge is 0.383 e. The summed E-state index contributed by atoms with van der Waals surface area (Å²) in [6, 6.07) is 9.99. The SMILES string of the molecule is COCC(c1ccccc1)N(C)[P+](=O)N(C)C. The Morgan fingerprint density at radius 1 is 1.24 bits per heavy atom. The van der Waals surface area contributed by atoms with Crippen molar-refractivity contribution in [3.63, 3.8) is 0 Å². The summed E-state index contributed by atoms with van der Waals surface area (Å²) in [6.07, 6.45) is 0. The molecule has 0 bridgehead atoms. The van der Waals surface area contributed by atoms with E-state index in [1.54, 1.807) is 11.8 Å². The minimum Gasteiger partial charge on any atom is -0.383 e. The van der Waals surface area contributed by atoms with Crippen LogP contribution >= 0.6 is 8.10 Å². The molecule has 17 heavy (non-hydrogen) atoms. The second-order valence-electron chi connectivity index (χ2n) is 4.06. The molecule has 0 spiro atoms. The molecular formula is C12H20N2O2P+. The Morgan fingerprint density at radius 2 is 1.82 bits per heavy atom. The molecule has 1 aromatic rings. The van der Waals surface area contributed by atoms with E-state index in [4.69, 9.17) is 4.74 Å². The zero-order valence-corrected chi connectivity index (χ0v) is 11.7. The third-order valence-electron chi connectivity index (χ3n) is 2.57. The fourth-order valence-corrected chi connectivity index (χ4v) is 2.66. The highest BCUT2D eigenvalue weighted by atomic mass is 31.1. The van der Waals surface area contributed by atoms with Crippen molar-refractivity contribution in [3.05, 3.63) is 35.9 Å². The van der Waals surface area contributed by atoms with Crippen molar-refractivity contribution in [1.82, 2.24) is 9.34 Å². The predicted octanol–water partition coefficient (Wildman–Crippen LogP) is 2.52. The van der Waals surface area contributed by atoms with Crippen LogP contribution in [0, 0.1) is 0 Å². The molecule has 0 radical (unpaired) electrons. The van der Waals surface area contributed by atoms with Crippen LogP contribution in [0.4, 0.5) is 0 Å². The van der Waals surface area contributed by atoms with E-state index >= 15 is 0 Å². The van der Waals surface area contributed by atoms with Gasteiger partial charge < -0.3 is 4.74 Å². The van der Waals surface area contributed by atoms with Crippen LogP contribution in [0.2, 0.25) is 0 Å². The minimum absolute atomic E-state index is 0.00668. The number of hydrogen-bond donors (Lipinski definition) is 0. The van der Waals surface area contributed by atoms with Gasteiger partial charge in [0.05, 0.1) is 6.61 Å². The van der Waals surface area contributed by atoms with E-state index in [0.717, 1.165) is 5.56 Å². The van der Waals surface area contributed by atoms with E-state index in [-0.39, 0.29) is 6.04 Å². The normalized spacial score (nSPS) is 14.1. The molecule has 0 fully saturated rings. The average molecular weight is 255 g/mol. The zero-order valence-electron chi connectivity index (χ0n) is 10.8. The van der Waals surface area contributed by atoms with Gasteiger partial charge in [-0.05, 0) is 10.1 Å². The van der Waals surface area contributed by atoms with E-state index < -0.39 is 8.10 Å². The van der Waals surface area contributed by atoms with Gasteiger partial charge in [-0.25, -0.2) is 0 Å². The number of rotatable bonds is 6. The number of likely N-dealkylation sites (N-methyl/N-ethyl adjacent to an activating group) is 1. The van der Waals surface area contributed by atoms with E-state index in [1.807, 2.05) is 56.1 Å². The van der Waals surface area contributed by atoms with Gasteiger partial charge in [0.25, 0.3) is 0 Å². The molecule has 4 nitrogen and oxygen atoms in total. The van der Waals surface area contributed by atoms with Crippen molar-refractivity contribution in [1.29, 1.82) is 0 Å². The van der Waals surface area contributed by atoms with E-state index in [2.05, 4.69) is 0 Å². The number of methoxy groups -OCH3 is 1. The van der Waals surface area contributed by atoms with Crippen LogP contribution in [0.1, 0.15) is 11.6 Å². The lowest BCUT2D eigenvalue weighted by Gasteiger charge is -2.19. The van der Waals surface area contributed by atoms with Crippen LogP contribution in [0.25, 0.3) is 0 Å². The van der Waals surface area contributed by atoms with Crippen molar-refractivity contribution < 1.29 is 9.30 Å². The third kappa shape index (κ3) is 3.86. The van der Waals surface area contributed by atoms with E-state index in [1.165, 1.54) is 0 Å². The highest BCUT2D eigenvalue weighted by Crippen LogP contribution is 2.36. The van der Waals surface area contributed by atoms with Crippen LogP contribution in [0.3, 0.4) is 0 Å². The van der Waals surface area contributed by atoms with Crippen molar-refractivity contribution in [2.45, 2.75) is 6.04 Å². The third-order valence-corrected chi connectivity index (χ3v) is 4.07. The first-order chi connectivity index (χ1) is 8.07. The zero-order chi connectivity index (χ0) is 12.8. The molecule has 1 rings (SSSR count). The molecule has 2 atom stereocenters. The Balaban J connectivity index is 2.90. The molecule has 1 aromatic carbocycles. The lowest BCUT2D eigenvalue weighted by atomic mass is 10.1. The van der Waals surface area contributed by atoms with Crippen LogP contribution in [0.5, 0.6) is 0 Å². The minimum atomic E-state index is -1.54. The molecule has 5 heteroatoms. The molecule has 0 saturated carbocycles. The lowest BCUT2D eigenvalue weighted by Crippen LogP contribution is -2.25. The fraction of sp³-hybridized carbons (Fsp3) is 0.500. The molecular weight excluding hydrogens is 235 g/mol. The van der Waals surface area contributed by atoms with Gasteiger partial charge in [-0.1, -0.05) is 39.7 Å². The van der Waals surface area contributed by atoms with Gasteiger partial charge in [0, 0.05) is 28.3 Å². The molecule has 0 N–H and O–H groups in total. The van der Waals surface area contributed by atoms with E-state index in [9.17, 15) is 4.57 Å². The van der Waals surface area contributed by atoms with Crippen LogP contribution in [-0.2, 0) is 9.30 Å². The van der Waals surface area contributed by atoms with Crippen molar-refractivity contribution >= 4 is 8.10 Å². The summed E-state index contributed by atoms with van der Waals surface area (Å²) in [5.41, 5.74) is 1.11. The van der Waals surface area contributed by atoms with Gasteiger partial charge in [-0.15, -0.1) is 0 Å². The van der Waals surface area contributed by atoms with Crippen LogP contribution < -0.4 is 0 Å². The topological polar surface area (TPSA) is 32.8 Å². The largest absolute Gasteiger partial charge is 0.537 e. The molecule has 0 aromatic heterocycles. The van der Waals surface area contributed by atoms with Crippen molar-refractivity contribution in [3.8, 4) is 0 Å². The molecule has 94 valence electrons. The maximum absolute atomic E-state index is 12.1. The number of hydrogen-bond acceptors (Lipinski definition) is 2. The highest BCUT2D eigenvalue weighted by molar-refractivity contribution is 7.39. The second-order valence-corrected chi connectivity index (χ2v) is 5.99. The summed E-state index contributed by atoms with van der Waals surface area (Å²) in [6.45, 7) is 0.523. The molecule has 0 aliphatic rings. The predicted molar refractivity (Wildman–Crippen MR) is 70.1 cm³/mol. The Kier molecular flexibility index (Phi) is 5.72. The van der Waals surface area contributed by atoms with Crippen molar-refractivity contribution in [2.24, 2.45) is 0 Å². The molecule has 0 aliphatic heterocycles. The summed E-state index contributed by atoms with van der Waals surface area (Å²) in [5, 5.41) is 0. The first-order valence-electron chi connectivity index (χ1n) is 5.49. The highest BCUT2D eigenvalue weighted by Gasteiger charge is 2.34. The summed E-state index contributed by atoms with van der Waals surface area (Å²) >= 11 is 0. The van der Waals surface area contributed by atoms with Gasteiger partial charge >= 0.3 is 8.10 Å². The van der Waals surface area contributed by atoms with Gasteiger partial charge in [-0.3, -0.25) is 0 Å². The molecule has 0 saturated heterocycles. The molecule has 0 heterocycles. The maximum atomic E-state index is 12.1. The second kappa shape index (κ2) is 6.82. The molecule has 2 unspecified atom stereocenters. The number of benzene rings is 1. The number of ether oxygens (including phenoxy) is 1. The van der Waals surface area contributed by atoms with Crippen LogP contribution in [0.15, 0.2) is 30.3 Å². The van der Waals surface area contributed by atoms with Gasteiger partial charge in [0.2, 0.25) is 0 Å². The summed E-state index contributed by atoms with van der Waals surface area (Å²) in [7, 11) is 5.60. The molecule has 0 aliphatic carbocycles. The summed E-state index contributed by atoms with van der Waals surface area (Å²) < 4.78 is 20.8. The van der Waals surface area contributed by atoms with Gasteiger partial charge in [0.1, 0.15) is 6.04 Å². The van der Waals surface area contributed by atoms with Gasteiger partial charge in [-0.2, -0.15) is 0 Å². The quantitative estimate of drug-likeness (QED) is 0.731. The van der Waals surface area contributed by atoms with E-state index in [0.29, 0.717) is 6.61 Å². The summed E-state index contributed by atoms with van der Waals surface area (Å²) in [5.74, 6) is 0. The standard InChI is InChI=1S/C12H20N2O2P/c1-13(2)17(15)14(3)12(10-16-4)11-8-6-5-7-9-11/h5-9,12H,10H2,1-4H3/q+1. The first-order valence-corrected chi connectivity index (χ1v) is 6.65. The lowest BCUT2D eigenvalue weighted by molar-refractivity contribution is 0.141. The van der Waals surface area contributed by atoms with Gasteiger partial charge in [0.15, 0.2) is 0 Å². The number of nitrogens with zero attached hydrogens (tertiary/aromatic N) is 2. The maximum Gasteiger partial charge on any atom is 0.537 e. The summed E-state index contributed by atoms with van der Waals surface area (Å²) in [4.78, 5) is 0. The Hall–Kier alpha value is -0.800.